The maximum atomic E-state index is 12.5. The quantitative estimate of drug-likeness (QED) is 0.838. The van der Waals surface area contributed by atoms with Crippen molar-refractivity contribution in [3.8, 4) is 0 Å². The summed E-state index contributed by atoms with van der Waals surface area (Å²) in [6, 6.07) is 9.98. The molecule has 2 heterocycles. The summed E-state index contributed by atoms with van der Waals surface area (Å²) in [6.07, 6.45) is 4.78. The van der Waals surface area contributed by atoms with Crippen molar-refractivity contribution in [3.63, 3.8) is 0 Å². The molecule has 4 heteroatoms. The number of hydrogen-bond donors (Lipinski definition) is 0. The normalized spacial score (nSPS) is 23.3. The molecule has 1 saturated heterocycles. The van der Waals surface area contributed by atoms with Crippen LogP contribution in [0.4, 0.5) is 0 Å². The van der Waals surface area contributed by atoms with Crippen molar-refractivity contribution in [2.75, 3.05) is 18.8 Å². The lowest BCUT2D eigenvalue weighted by atomic mass is 10.2. The van der Waals surface area contributed by atoms with Crippen LogP contribution in [-0.2, 0) is 4.79 Å². The van der Waals surface area contributed by atoms with Gasteiger partial charge in [-0.3, -0.25) is 9.79 Å². The Balaban J connectivity index is 1.69. The van der Waals surface area contributed by atoms with E-state index in [-0.39, 0.29) is 11.9 Å². The molecule has 3 rings (SSSR count). The number of aliphatic imine (C=N–C) groups is 1. The van der Waals surface area contributed by atoms with Crippen LogP contribution < -0.4 is 0 Å². The van der Waals surface area contributed by atoms with Crippen LogP contribution in [0.25, 0.3) is 0 Å². The smallest absolute Gasteiger partial charge is 0.248 e. The van der Waals surface area contributed by atoms with Gasteiger partial charge < -0.3 is 4.90 Å². The van der Waals surface area contributed by atoms with Crippen molar-refractivity contribution in [1.82, 2.24) is 4.90 Å². The minimum Gasteiger partial charge on any atom is -0.341 e. The molecule has 0 saturated carbocycles. The number of thioether (sulfide) groups is 1. The Morgan fingerprint density at radius 3 is 2.50 bits per heavy atom. The molecule has 20 heavy (non-hydrogen) atoms. The number of likely N-dealkylation sites (tertiary alicyclic amines) is 1. The molecular weight excluding hydrogens is 268 g/mol. The number of amides is 1. The molecule has 1 fully saturated rings. The highest BCUT2D eigenvalue weighted by molar-refractivity contribution is 8.14. The highest BCUT2D eigenvalue weighted by atomic mass is 32.2. The van der Waals surface area contributed by atoms with E-state index in [9.17, 15) is 4.79 Å². The van der Waals surface area contributed by atoms with E-state index >= 15 is 0 Å². The van der Waals surface area contributed by atoms with Gasteiger partial charge >= 0.3 is 0 Å². The number of hydrogen-bond acceptors (Lipinski definition) is 3. The van der Waals surface area contributed by atoms with Crippen LogP contribution in [0.3, 0.4) is 0 Å². The summed E-state index contributed by atoms with van der Waals surface area (Å²) < 4.78 is 0. The van der Waals surface area contributed by atoms with Crippen LogP contribution in [0.15, 0.2) is 35.3 Å². The lowest BCUT2D eigenvalue weighted by Crippen LogP contribution is -2.39. The van der Waals surface area contributed by atoms with Crippen molar-refractivity contribution < 1.29 is 4.79 Å². The average molecular weight is 288 g/mol. The Morgan fingerprint density at radius 1 is 1.10 bits per heavy atom. The van der Waals surface area contributed by atoms with Gasteiger partial charge in [-0.2, -0.15) is 0 Å². The van der Waals surface area contributed by atoms with Gasteiger partial charge in [0.2, 0.25) is 5.91 Å². The number of carbonyl (C=O) groups excluding carboxylic acids is 1. The molecule has 0 aliphatic carbocycles. The van der Waals surface area contributed by atoms with Crippen molar-refractivity contribution in [1.29, 1.82) is 0 Å². The van der Waals surface area contributed by atoms with E-state index in [0.29, 0.717) is 0 Å². The van der Waals surface area contributed by atoms with Gasteiger partial charge in [0.1, 0.15) is 6.04 Å². The fourth-order valence-corrected chi connectivity index (χ4v) is 3.78. The summed E-state index contributed by atoms with van der Waals surface area (Å²) in [7, 11) is 0. The zero-order valence-corrected chi connectivity index (χ0v) is 12.4. The fraction of sp³-hybridized carbons (Fsp3) is 0.500. The summed E-state index contributed by atoms with van der Waals surface area (Å²) in [5, 5.41) is 1.01. The molecule has 0 aromatic heterocycles. The number of rotatable bonds is 2. The first-order chi connectivity index (χ1) is 9.84. The summed E-state index contributed by atoms with van der Waals surface area (Å²) >= 11 is 1.70. The summed E-state index contributed by atoms with van der Waals surface area (Å²) in [6.45, 7) is 1.83. The molecular formula is C16H20N2OS. The van der Waals surface area contributed by atoms with Crippen molar-refractivity contribution >= 4 is 22.7 Å². The van der Waals surface area contributed by atoms with Crippen LogP contribution in [0.5, 0.6) is 0 Å². The van der Waals surface area contributed by atoms with Crippen LogP contribution in [-0.4, -0.2) is 40.7 Å². The summed E-state index contributed by atoms with van der Waals surface area (Å²) in [5.74, 6) is 1.02. The van der Waals surface area contributed by atoms with Gasteiger partial charge in [-0.05, 0) is 12.8 Å². The van der Waals surface area contributed by atoms with Crippen LogP contribution >= 0.6 is 11.8 Å². The lowest BCUT2D eigenvalue weighted by Gasteiger charge is -2.22. The van der Waals surface area contributed by atoms with Crippen LogP contribution in [0.1, 0.15) is 31.2 Å². The maximum absolute atomic E-state index is 12.5. The SMILES string of the molecule is O=C(C1CSC(c2ccccc2)=N1)N1CCCCCC1. The first kappa shape index (κ1) is 13.7. The predicted molar refractivity (Wildman–Crippen MR) is 84.3 cm³/mol. The summed E-state index contributed by atoms with van der Waals surface area (Å²) in [5.41, 5.74) is 1.13. The van der Waals surface area contributed by atoms with Crippen molar-refractivity contribution in [2.45, 2.75) is 31.7 Å². The molecule has 1 aromatic carbocycles. The lowest BCUT2D eigenvalue weighted by molar-refractivity contribution is -0.131. The molecule has 1 amide bonds. The molecule has 106 valence electrons. The van der Waals surface area contributed by atoms with Crippen molar-refractivity contribution in [3.05, 3.63) is 35.9 Å². The van der Waals surface area contributed by atoms with E-state index in [1.807, 2.05) is 23.1 Å². The van der Waals surface area contributed by atoms with Gasteiger partial charge in [0.15, 0.2) is 0 Å². The Kier molecular flexibility index (Phi) is 4.41. The third kappa shape index (κ3) is 3.06. The third-order valence-electron chi connectivity index (χ3n) is 3.87. The van der Waals surface area contributed by atoms with Gasteiger partial charge in [-0.15, -0.1) is 11.8 Å². The standard InChI is InChI=1S/C16H20N2OS/c19-16(18-10-6-1-2-7-11-18)14-12-20-15(17-14)13-8-4-3-5-9-13/h3-5,8-9,14H,1-2,6-7,10-12H2. The van der Waals surface area contributed by atoms with Crippen LogP contribution in [0.2, 0.25) is 0 Å². The average Bonchev–Trinajstić information content (AvgIpc) is 2.83. The molecule has 2 aliphatic rings. The first-order valence-electron chi connectivity index (χ1n) is 7.39. The van der Waals surface area contributed by atoms with E-state index in [2.05, 4.69) is 17.1 Å². The molecule has 0 spiro atoms. The highest BCUT2D eigenvalue weighted by Crippen LogP contribution is 2.25. The third-order valence-corrected chi connectivity index (χ3v) is 4.97. The Hall–Kier alpha value is -1.29. The molecule has 0 radical (unpaired) electrons. The van der Waals surface area contributed by atoms with E-state index in [4.69, 9.17) is 0 Å². The monoisotopic (exact) mass is 288 g/mol. The zero-order valence-electron chi connectivity index (χ0n) is 11.6. The zero-order chi connectivity index (χ0) is 13.8. The fourth-order valence-electron chi connectivity index (χ4n) is 2.74. The Bertz CT molecular complexity index is 492. The Morgan fingerprint density at radius 2 is 1.80 bits per heavy atom. The van der Waals surface area contributed by atoms with Gasteiger partial charge in [0, 0.05) is 24.4 Å². The Labute approximate surface area is 124 Å². The van der Waals surface area contributed by atoms with E-state index in [1.165, 1.54) is 12.8 Å². The molecule has 0 bridgehead atoms. The van der Waals surface area contributed by atoms with Gasteiger partial charge in [-0.1, -0.05) is 43.2 Å². The van der Waals surface area contributed by atoms with Crippen LogP contribution in [0, 0.1) is 0 Å². The van der Waals surface area contributed by atoms with Crippen molar-refractivity contribution in [2.24, 2.45) is 4.99 Å². The summed E-state index contributed by atoms with van der Waals surface area (Å²) in [4.78, 5) is 19.2. The highest BCUT2D eigenvalue weighted by Gasteiger charge is 2.29. The van der Waals surface area contributed by atoms with E-state index in [1.54, 1.807) is 11.8 Å². The molecule has 1 atom stereocenters. The van der Waals surface area contributed by atoms with Gasteiger partial charge in [0.05, 0.1) is 5.04 Å². The number of nitrogens with zero attached hydrogens (tertiary/aromatic N) is 2. The molecule has 2 aliphatic heterocycles. The number of carbonyl (C=O) groups is 1. The predicted octanol–water partition coefficient (Wildman–Crippen LogP) is 2.95. The molecule has 1 unspecified atom stereocenters. The maximum Gasteiger partial charge on any atom is 0.248 e. The largest absolute Gasteiger partial charge is 0.341 e. The van der Waals surface area contributed by atoms with E-state index < -0.39 is 0 Å². The minimum absolute atomic E-state index is 0.173. The molecule has 0 N–H and O–H groups in total. The molecule has 1 aromatic rings. The topological polar surface area (TPSA) is 32.7 Å². The van der Waals surface area contributed by atoms with Gasteiger partial charge in [-0.25, -0.2) is 0 Å². The van der Waals surface area contributed by atoms with E-state index in [0.717, 1.165) is 42.3 Å². The van der Waals surface area contributed by atoms with Gasteiger partial charge in [0.25, 0.3) is 0 Å². The second-order valence-electron chi connectivity index (χ2n) is 5.37. The number of benzene rings is 1. The second kappa shape index (κ2) is 6.44. The first-order valence-corrected chi connectivity index (χ1v) is 8.38. The molecule has 3 nitrogen and oxygen atoms in total. The second-order valence-corrected chi connectivity index (χ2v) is 6.38. The minimum atomic E-state index is -0.173.